The smallest absolute Gasteiger partial charge is 0.406 e. The highest BCUT2D eigenvalue weighted by Crippen LogP contribution is 2.35. The molecule has 4 aliphatic heterocycles. The fourth-order valence-electron chi connectivity index (χ4n) is 8.82. The first-order valence-electron chi connectivity index (χ1n) is 19.8. The lowest BCUT2D eigenvalue weighted by Gasteiger charge is -2.39. The Kier molecular flexibility index (Phi) is 11.0. The van der Waals surface area contributed by atoms with E-state index in [0.29, 0.717) is 30.9 Å². The SMILES string of the molecule is N#CCCCn1cc(-c2ccc(OC(F)(F)F)cc2)c2cc(CN3CCC(CN4CCN(c5ccc6c(c5)C(=O)N(C5CCC(=O)NC5=O)C6=O)CC4)CC3)ccc21. The Hall–Kier alpha value is -5.72. The maximum Gasteiger partial charge on any atom is 0.573 e. The number of piperazine rings is 1. The molecule has 1 N–H and O–H groups in total. The number of piperidine rings is 2. The molecule has 0 spiro atoms. The number of alkyl halides is 3. The molecule has 4 aromatic rings. The summed E-state index contributed by atoms with van der Waals surface area (Å²) in [6.07, 6.45) is 0.755. The van der Waals surface area contributed by atoms with Crippen molar-refractivity contribution in [2.75, 3.05) is 50.7 Å². The van der Waals surface area contributed by atoms with Crippen LogP contribution in [0.5, 0.6) is 5.75 Å². The molecular weight excluding hydrogens is 752 g/mol. The van der Waals surface area contributed by atoms with Crippen molar-refractivity contribution in [1.82, 2.24) is 24.6 Å². The summed E-state index contributed by atoms with van der Waals surface area (Å²) in [5.74, 6) is -1.72. The molecule has 0 radical (unpaired) electrons. The lowest BCUT2D eigenvalue weighted by atomic mass is 9.95. The van der Waals surface area contributed by atoms with Gasteiger partial charge in [-0.1, -0.05) is 18.2 Å². The third-order valence-corrected chi connectivity index (χ3v) is 11.8. The van der Waals surface area contributed by atoms with Crippen LogP contribution >= 0.6 is 0 Å². The van der Waals surface area contributed by atoms with Gasteiger partial charge in [0.1, 0.15) is 11.8 Å². The number of aryl methyl sites for hydroxylation is 1. The van der Waals surface area contributed by atoms with E-state index in [0.717, 1.165) is 103 Å². The normalized spacial score (nSPS) is 19.8. The summed E-state index contributed by atoms with van der Waals surface area (Å²) >= 11 is 0. The van der Waals surface area contributed by atoms with E-state index in [1.165, 1.54) is 12.1 Å². The van der Waals surface area contributed by atoms with Gasteiger partial charge in [-0.25, -0.2) is 0 Å². The van der Waals surface area contributed by atoms with Crippen LogP contribution in [0.2, 0.25) is 0 Å². The van der Waals surface area contributed by atoms with Gasteiger partial charge >= 0.3 is 6.36 Å². The number of aromatic nitrogens is 1. The van der Waals surface area contributed by atoms with Gasteiger partial charge in [0.05, 0.1) is 17.2 Å². The molecule has 3 saturated heterocycles. The first-order valence-corrected chi connectivity index (χ1v) is 19.8. The van der Waals surface area contributed by atoms with E-state index in [9.17, 15) is 32.3 Å². The molecule has 1 atom stereocenters. The number of hydrogen-bond acceptors (Lipinski definition) is 9. The summed E-state index contributed by atoms with van der Waals surface area (Å²) in [5.41, 5.74) is 5.33. The molecule has 4 amide bonds. The molecule has 0 aliphatic carbocycles. The number of likely N-dealkylation sites (tertiary alicyclic amines) is 1. The van der Waals surface area contributed by atoms with Crippen LogP contribution in [-0.4, -0.2) is 101 Å². The number of fused-ring (bicyclic) bond motifs is 2. The van der Waals surface area contributed by atoms with Crippen LogP contribution in [0.25, 0.3) is 22.0 Å². The molecule has 1 unspecified atom stereocenters. The second-order valence-corrected chi connectivity index (χ2v) is 15.6. The number of nitrogens with one attached hydrogen (secondary N) is 1. The van der Waals surface area contributed by atoms with Gasteiger partial charge in [0.2, 0.25) is 11.8 Å². The molecule has 1 aromatic heterocycles. The topological polar surface area (TPSA) is 131 Å². The van der Waals surface area contributed by atoms with Crippen molar-refractivity contribution in [2.45, 2.75) is 64.0 Å². The molecule has 0 saturated carbocycles. The molecular formula is C43H44F3N7O5. The predicted molar refractivity (Wildman–Crippen MR) is 209 cm³/mol. The molecule has 5 heterocycles. The summed E-state index contributed by atoms with van der Waals surface area (Å²) in [5, 5.41) is 12.3. The third kappa shape index (κ3) is 8.30. The lowest BCUT2D eigenvalue weighted by molar-refractivity contribution is -0.274. The number of ether oxygens (including phenoxy) is 1. The molecule has 8 rings (SSSR count). The summed E-state index contributed by atoms with van der Waals surface area (Å²) in [6, 6.07) is 18.9. The van der Waals surface area contributed by atoms with Crippen molar-refractivity contribution in [3.8, 4) is 22.9 Å². The van der Waals surface area contributed by atoms with E-state index in [1.54, 1.807) is 24.3 Å². The minimum absolute atomic E-state index is 0.0798. The van der Waals surface area contributed by atoms with Gasteiger partial charge in [-0.15, -0.1) is 13.2 Å². The maximum atomic E-state index is 13.3. The predicted octanol–water partition coefficient (Wildman–Crippen LogP) is 5.95. The fraction of sp³-hybridized carbons (Fsp3) is 0.419. The van der Waals surface area contributed by atoms with E-state index in [4.69, 9.17) is 5.26 Å². The largest absolute Gasteiger partial charge is 0.573 e. The summed E-state index contributed by atoms with van der Waals surface area (Å²) in [7, 11) is 0. The van der Waals surface area contributed by atoms with Crippen LogP contribution < -0.4 is 15.0 Å². The first kappa shape index (κ1) is 39.1. The standard InChI is InChI=1S/C43H44F3N7O5/c44-43(45,46)58-32-7-4-30(5-8-32)36-27-52(16-2-1-15-47)37-10-3-29(23-34(36)37)26-49-17-13-28(14-18-49)25-50-19-21-51(22-20-50)31-6-9-33-35(24-31)42(57)53(41(33)56)38-11-12-39(54)48-40(38)55/h3-10,23-24,27-28,38H,1-2,11-14,16-22,25-26H2,(H,48,54,55). The van der Waals surface area contributed by atoms with Crippen LogP contribution in [0.15, 0.2) is 66.9 Å². The van der Waals surface area contributed by atoms with Crippen molar-refractivity contribution in [1.29, 1.82) is 5.26 Å². The van der Waals surface area contributed by atoms with E-state index >= 15 is 0 Å². The van der Waals surface area contributed by atoms with E-state index < -0.39 is 36.0 Å². The van der Waals surface area contributed by atoms with Crippen LogP contribution in [0, 0.1) is 17.2 Å². The lowest BCUT2D eigenvalue weighted by Crippen LogP contribution is -2.54. The molecule has 3 aromatic carbocycles. The third-order valence-electron chi connectivity index (χ3n) is 11.8. The number of rotatable bonds is 11. The summed E-state index contributed by atoms with van der Waals surface area (Å²) in [6.45, 7) is 7.74. The number of imide groups is 2. The highest BCUT2D eigenvalue weighted by Gasteiger charge is 2.45. The van der Waals surface area contributed by atoms with Crippen LogP contribution in [0.3, 0.4) is 0 Å². The number of carbonyl (C=O) groups excluding carboxylic acids is 4. The number of benzene rings is 3. The van der Waals surface area contributed by atoms with E-state index in [1.807, 2.05) is 12.3 Å². The van der Waals surface area contributed by atoms with Crippen LogP contribution in [-0.2, 0) is 22.7 Å². The number of carbonyl (C=O) groups is 4. The van der Waals surface area contributed by atoms with Crippen molar-refractivity contribution >= 4 is 40.2 Å². The fourth-order valence-corrected chi connectivity index (χ4v) is 8.82. The Labute approximate surface area is 333 Å². The Morgan fingerprint density at radius 2 is 1.55 bits per heavy atom. The Balaban J connectivity index is 0.848. The first-order chi connectivity index (χ1) is 27.9. The number of anilines is 1. The average molecular weight is 796 g/mol. The Morgan fingerprint density at radius 3 is 2.26 bits per heavy atom. The molecule has 0 bridgehead atoms. The number of nitriles is 1. The minimum Gasteiger partial charge on any atom is -0.406 e. The van der Waals surface area contributed by atoms with E-state index in [-0.39, 0.29) is 24.2 Å². The van der Waals surface area contributed by atoms with Crippen molar-refractivity contribution < 1.29 is 37.1 Å². The average Bonchev–Trinajstić information content (AvgIpc) is 3.68. The summed E-state index contributed by atoms with van der Waals surface area (Å²) < 4.78 is 44.5. The van der Waals surface area contributed by atoms with Gasteiger partial charge in [0, 0.05) is 87.0 Å². The maximum absolute atomic E-state index is 13.3. The van der Waals surface area contributed by atoms with Crippen LogP contribution in [0.4, 0.5) is 18.9 Å². The van der Waals surface area contributed by atoms with Gasteiger partial charge in [0.25, 0.3) is 11.8 Å². The zero-order valence-corrected chi connectivity index (χ0v) is 32.0. The number of halogens is 3. The Bertz CT molecular complexity index is 2270. The number of hydrogen-bond donors (Lipinski definition) is 1. The molecule has 302 valence electrons. The van der Waals surface area contributed by atoms with E-state index in [2.05, 4.69) is 53.6 Å². The molecule has 12 nitrogen and oxygen atoms in total. The van der Waals surface area contributed by atoms with Gasteiger partial charge < -0.3 is 14.2 Å². The van der Waals surface area contributed by atoms with Gasteiger partial charge in [-0.2, -0.15) is 5.26 Å². The number of amides is 4. The molecule has 15 heteroatoms. The van der Waals surface area contributed by atoms with Crippen LogP contribution in [0.1, 0.15) is 64.8 Å². The van der Waals surface area contributed by atoms with Gasteiger partial charge in [-0.3, -0.25) is 39.2 Å². The van der Waals surface area contributed by atoms with Gasteiger partial charge in [0.15, 0.2) is 0 Å². The highest BCUT2D eigenvalue weighted by molar-refractivity contribution is 6.23. The summed E-state index contributed by atoms with van der Waals surface area (Å²) in [4.78, 5) is 58.7. The molecule has 58 heavy (non-hydrogen) atoms. The quantitative estimate of drug-likeness (QED) is 0.145. The highest BCUT2D eigenvalue weighted by atomic mass is 19.4. The zero-order chi connectivity index (χ0) is 40.6. The Morgan fingerprint density at radius 1 is 0.810 bits per heavy atom. The van der Waals surface area contributed by atoms with Crippen molar-refractivity contribution in [2.24, 2.45) is 5.92 Å². The molecule has 4 aliphatic rings. The minimum atomic E-state index is -4.76. The second kappa shape index (κ2) is 16.3. The molecule has 3 fully saturated rings. The zero-order valence-electron chi connectivity index (χ0n) is 32.0. The number of nitrogens with zero attached hydrogens (tertiary/aromatic N) is 6. The second-order valence-electron chi connectivity index (χ2n) is 15.6. The monoisotopic (exact) mass is 795 g/mol. The number of unbranched alkanes of at least 4 members (excludes halogenated alkanes) is 1. The van der Waals surface area contributed by atoms with Crippen molar-refractivity contribution in [3.63, 3.8) is 0 Å². The van der Waals surface area contributed by atoms with Gasteiger partial charge in [-0.05, 0) is 98.3 Å². The van der Waals surface area contributed by atoms with Crippen molar-refractivity contribution in [3.05, 3.63) is 83.6 Å².